The number of carboxylic acids is 1. The van der Waals surface area contributed by atoms with E-state index < -0.39 is 23.0 Å². The molecule has 0 radical (unpaired) electrons. The monoisotopic (exact) mass is 305 g/mol. The number of carbonyl (C=O) groups is 1. The zero-order valence-corrected chi connectivity index (χ0v) is 12.7. The summed E-state index contributed by atoms with van der Waals surface area (Å²) in [6.45, 7) is 5.78. The van der Waals surface area contributed by atoms with E-state index in [1.165, 1.54) is 11.8 Å². The number of aliphatic imine (C=N–C) groups is 1. The summed E-state index contributed by atoms with van der Waals surface area (Å²) in [5, 5.41) is 19.7. The second-order valence-corrected chi connectivity index (χ2v) is 6.60. The van der Waals surface area contributed by atoms with Crippen LogP contribution in [0.15, 0.2) is 4.99 Å². The van der Waals surface area contributed by atoms with Gasteiger partial charge in [-0.1, -0.05) is 33.0 Å². The van der Waals surface area contributed by atoms with E-state index in [2.05, 4.69) is 4.99 Å². The van der Waals surface area contributed by atoms with Crippen molar-refractivity contribution in [3.8, 4) is 0 Å². The van der Waals surface area contributed by atoms with E-state index in [9.17, 15) is 9.90 Å². The SMILES string of the molecule is CC(C)(C)OC([O-])=NCC(=S)N1CCS[C@H]1C(=O)O. The molecule has 1 aliphatic heterocycles. The molecule has 6 nitrogen and oxygen atoms in total. The largest absolute Gasteiger partial charge is 0.595 e. The molecule has 1 rings (SSSR count). The molecule has 0 saturated carbocycles. The maximum atomic E-state index is 11.4. The molecule has 0 bridgehead atoms. The van der Waals surface area contributed by atoms with Crippen molar-refractivity contribution in [1.82, 2.24) is 4.90 Å². The molecule has 19 heavy (non-hydrogen) atoms. The predicted octanol–water partition coefficient (Wildman–Crippen LogP) is 0.305. The Morgan fingerprint density at radius 1 is 1.63 bits per heavy atom. The topological polar surface area (TPSA) is 85.2 Å². The van der Waals surface area contributed by atoms with E-state index in [0.29, 0.717) is 17.3 Å². The van der Waals surface area contributed by atoms with Crippen LogP contribution in [-0.4, -0.2) is 56.9 Å². The molecule has 1 atom stereocenters. The fourth-order valence-electron chi connectivity index (χ4n) is 1.45. The Morgan fingerprint density at radius 3 is 2.79 bits per heavy atom. The number of hydrogen-bond donors (Lipinski definition) is 1. The average molecular weight is 305 g/mol. The first-order valence-corrected chi connectivity index (χ1v) is 7.21. The minimum absolute atomic E-state index is 0.0193. The van der Waals surface area contributed by atoms with E-state index in [0.717, 1.165) is 0 Å². The summed E-state index contributed by atoms with van der Waals surface area (Å²) in [5.41, 5.74) is -0.602. The van der Waals surface area contributed by atoms with Gasteiger partial charge in [0.1, 0.15) is 11.1 Å². The predicted molar refractivity (Wildman–Crippen MR) is 76.3 cm³/mol. The van der Waals surface area contributed by atoms with Crippen molar-refractivity contribution >= 4 is 41.0 Å². The van der Waals surface area contributed by atoms with Crippen LogP contribution in [0.25, 0.3) is 0 Å². The quantitative estimate of drug-likeness (QED) is 0.456. The van der Waals surface area contributed by atoms with Crippen LogP contribution in [-0.2, 0) is 9.53 Å². The van der Waals surface area contributed by atoms with Crippen molar-refractivity contribution in [1.29, 1.82) is 0 Å². The number of rotatable bonds is 3. The Labute approximate surface area is 121 Å². The molecule has 0 amide bonds. The smallest absolute Gasteiger partial charge is 0.336 e. The Balaban J connectivity index is 2.55. The molecule has 1 N–H and O–H groups in total. The highest BCUT2D eigenvalue weighted by Crippen LogP contribution is 2.24. The summed E-state index contributed by atoms with van der Waals surface area (Å²) < 4.78 is 5.02. The Hall–Kier alpha value is -1.02. The number of ether oxygens (including phenoxy) is 1. The highest BCUT2D eigenvalue weighted by molar-refractivity contribution is 8.00. The van der Waals surface area contributed by atoms with Gasteiger partial charge in [-0.3, -0.25) is 4.99 Å². The summed E-state index contributed by atoms with van der Waals surface area (Å²) in [7, 11) is 0. The molecular weight excluding hydrogens is 288 g/mol. The van der Waals surface area contributed by atoms with E-state index >= 15 is 0 Å². The molecule has 0 aromatic heterocycles. The lowest BCUT2D eigenvalue weighted by molar-refractivity contribution is -0.260. The van der Waals surface area contributed by atoms with Gasteiger partial charge >= 0.3 is 5.97 Å². The number of thioether (sulfide) groups is 1. The van der Waals surface area contributed by atoms with Gasteiger partial charge in [0, 0.05) is 17.9 Å². The molecule has 0 aromatic rings. The minimum Gasteiger partial charge on any atom is -0.595 e. The maximum Gasteiger partial charge on any atom is 0.336 e. The van der Waals surface area contributed by atoms with E-state index in [-0.39, 0.29) is 6.54 Å². The highest BCUT2D eigenvalue weighted by atomic mass is 32.2. The lowest BCUT2D eigenvalue weighted by atomic mass is 10.2. The van der Waals surface area contributed by atoms with E-state index in [1.807, 2.05) is 0 Å². The molecule has 1 fully saturated rings. The maximum absolute atomic E-state index is 11.4. The molecule has 8 heteroatoms. The fraction of sp³-hybridized carbons (Fsp3) is 0.727. The first-order chi connectivity index (χ1) is 8.70. The third-order valence-electron chi connectivity index (χ3n) is 2.16. The summed E-state index contributed by atoms with van der Waals surface area (Å²) in [4.78, 5) is 16.6. The van der Waals surface area contributed by atoms with Gasteiger partial charge in [-0.2, -0.15) is 0 Å². The summed E-state index contributed by atoms with van der Waals surface area (Å²) >= 11 is 6.43. The van der Waals surface area contributed by atoms with E-state index in [1.54, 1.807) is 25.7 Å². The molecule has 1 heterocycles. The second-order valence-electron chi connectivity index (χ2n) is 4.95. The van der Waals surface area contributed by atoms with Crippen LogP contribution in [0.2, 0.25) is 0 Å². The van der Waals surface area contributed by atoms with Gasteiger partial charge in [-0.05, 0) is 0 Å². The van der Waals surface area contributed by atoms with Gasteiger partial charge < -0.3 is 19.8 Å². The van der Waals surface area contributed by atoms with Crippen molar-refractivity contribution in [2.75, 3.05) is 18.8 Å². The van der Waals surface area contributed by atoms with Crippen molar-refractivity contribution < 1.29 is 19.7 Å². The van der Waals surface area contributed by atoms with E-state index in [4.69, 9.17) is 22.1 Å². The summed E-state index contributed by atoms with van der Waals surface area (Å²) in [6.07, 6.45) is -0.687. The van der Waals surface area contributed by atoms with Crippen molar-refractivity contribution in [2.24, 2.45) is 4.99 Å². The molecule has 0 spiro atoms. The average Bonchev–Trinajstić information content (AvgIpc) is 2.72. The number of aliphatic carboxylic acids is 1. The number of carboxylic acid groups (broad SMARTS) is 1. The van der Waals surface area contributed by atoms with Crippen LogP contribution in [0.1, 0.15) is 20.8 Å². The van der Waals surface area contributed by atoms with Crippen LogP contribution in [0.3, 0.4) is 0 Å². The first-order valence-electron chi connectivity index (χ1n) is 5.75. The minimum atomic E-state index is -0.929. The van der Waals surface area contributed by atoms with Crippen molar-refractivity contribution in [3.05, 3.63) is 0 Å². The van der Waals surface area contributed by atoms with Crippen molar-refractivity contribution in [3.63, 3.8) is 0 Å². The van der Waals surface area contributed by atoms with Crippen LogP contribution in [0, 0.1) is 0 Å². The molecule has 1 aliphatic rings. The van der Waals surface area contributed by atoms with Gasteiger partial charge in [-0.25, -0.2) is 4.79 Å². The van der Waals surface area contributed by atoms with Gasteiger partial charge in [0.05, 0.1) is 6.54 Å². The molecule has 1 saturated heterocycles. The highest BCUT2D eigenvalue weighted by Gasteiger charge is 2.32. The lowest BCUT2D eigenvalue weighted by Gasteiger charge is -2.29. The zero-order valence-electron chi connectivity index (χ0n) is 11.1. The Kier molecular flexibility index (Phi) is 5.42. The van der Waals surface area contributed by atoms with Crippen LogP contribution in [0.5, 0.6) is 0 Å². The van der Waals surface area contributed by atoms with Gasteiger partial charge in [-0.15, -0.1) is 11.8 Å². The number of hydrogen-bond acceptors (Lipinski definition) is 6. The molecule has 0 unspecified atom stereocenters. The van der Waals surface area contributed by atoms with Gasteiger partial charge in [0.15, 0.2) is 5.37 Å². The summed E-state index contributed by atoms with van der Waals surface area (Å²) in [5.74, 6) is -0.231. The van der Waals surface area contributed by atoms with Gasteiger partial charge in [0.25, 0.3) is 0 Å². The number of thiocarbonyl (C=S) groups is 1. The van der Waals surface area contributed by atoms with Crippen LogP contribution >= 0.6 is 24.0 Å². The Bertz CT molecular complexity index is 393. The first kappa shape index (κ1) is 16.0. The van der Waals surface area contributed by atoms with Crippen molar-refractivity contribution in [2.45, 2.75) is 31.7 Å². The van der Waals surface area contributed by atoms with Crippen LogP contribution < -0.4 is 5.11 Å². The summed E-state index contributed by atoms with van der Waals surface area (Å²) in [6, 6.07) is 0. The third kappa shape index (κ3) is 5.23. The fourth-order valence-corrected chi connectivity index (χ4v) is 2.86. The zero-order chi connectivity index (χ0) is 14.6. The Morgan fingerprint density at radius 2 is 2.26 bits per heavy atom. The molecular formula is C11H17N2O4S2-. The molecule has 0 aromatic carbocycles. The standard InChI is InChI=1S/C11H18N2O4S2/c1-11(2,3)17-10(16)12-6-7(18)13-4-5-19-8(13)9(14)15/h8H,4-6H2,1-3H3,(H,12,16)(H,14,15)/p-1/t8-/m0/s1. The van der Waals surface area contributed by atoms with Crippen LogP contribution in [0.4, 0.5) is 0 Å². The van der Waals surface area contributed by atoms with Gasteiger partial charge in [0.2, 0.25) is 0 Å². The molecule has 0 aliphatic carbocycles. The third-order valence-corrected chi connectivity index (χ3v) is 3.71. The number of nitrogens with zero attached hydrogens (tertiary/aromatic N) is 2. The lowest BCUT2D eigenvalue weighted by Crippen LogP contribution is -2.40. The molecule has 108 valence electrons. The normalized spacial score (nSPS) is 20.5. The second kappa shape index (κ2) is 6.42.